The van der Waals surface area contributed by atoms with Gasteiger partial charge in [-0.1, -0.05) is 6.07 Å². The topological polar surface area (TPSA) is 36.9 Å². The van der Waals surface area contributed by atoms with Gasteiger partial charge in [0.05, 0.1) is 13.7 Å². The molecular formula is C12H18ClNO. The maximum absolute atomic E-state index is 5.25. The smallest absolute Gasteiger partial charge is 0.119 e. The number of hydrogen-bond acceptors (Lipinski definition) is 1. The summed E-state index contributed by atoms with van der Waals surface area (Å²) in [6, 6.07) is 6.46. The molecule has 1 aliphatic carbocycles. The highest BCUT2D eigenvalue weighted by molar-refractivity contribution is 5.41. The highest BCUT2D eigenvalue weighted by Crippen LogP contribution is 2.36. The molecule has 1 aromatic rings. The van der Waals surface area contributed by atoms with Crippen molar-refractivity contribution in [2.24, 2.45) is 0 Å². The monoisotopic (exact) mass is 227 g/mol. The van der Waals surface area contributed by atoms with Gasteiger partial charge < -0.3 is 22.9 Å². The number of quaternary nitrogens is 1. The number of halogens is 1. The van der Waals surface area contributed by atoms with Gasteiger partial charge >= 0.3 is 0 Å². The highest BCUT2D eigenvalue weighted by Gasteiger charge is 2.22. The van der Waals surface area contributed by atoms with Gasteiger partial charge in [0.1, 0.15) is 5.75 Å². The van der Waals surface area contributed by atoms with E-state index in [1.807, 2.05) is 0 Å². The second-order valence-electron chi connectivity index (χ2n) is 3.94. The van der Waals surface area contributed by atoms with Gasteiger partial charge in [0, 0.05) is 6.42 Å². The van der Waals surface area contributed by atoms with E-state index in [1.165, 1.54) is 30.4 Å². The van der Waals surface area contributed by atoms with Gasteiger partial charge in [-0.05, 0) is 42.0 Å². The van der Waals surface area contributed by atoms with Gasteiger partial charge in [-0.25, -0.2) is 0 Å². The molecule has 1 atom stereocenters. The second kappa shape index (κ2) is 5.38. The van der Waals surface area contributed by atoms with E-state index in [4.69, 9.17) is 4.74 Å². The molecule has 3 N–H and O–H groups in total. The summed E-state index contributed by atoms with van der Waals surface area (Å²) in [5.74, 6) is 1.71. The van der Waals surface area contributed by atoms with Crippen LogP contribution in [0.25, 0.3) is 0 Å². The number of fused-ring (bicyclic) bond motifs is 1. The van der Waals surface area contributed by atoms with E-state index in [0.717, 1.165) is 18.2 Å². The van der Waals surface area contributed by atoms with Crippen LogP contribution in [0.1, 0.15) is 29.9 Å². The molecule has 0 fully saturated rings. The van der Waals surface area contributed by atoms with Crippen molar-refractivity contribution in [1.29, 1.82) is 0 Å². The van der Waals surface area contributed by atoms with E-state index in [1.54, 1.807) is 7.11 Å². The Balaban J connectivity index is 0.00000112. The Kier molecular flexibility index (Phi) is 4.43. The summed E-state index contributed by atoms with van der Waals surface area (Å²) in [5.41, 5.74) is 6.93. The number of ether oxygens (including phenoxy) is 1. The van der Waals surface area contributed by atoms with Crippen LogP contribution in [0.4, 0.5) is 0 Å². The molecule has 0 heterocycles. The van der Waals surface area contributed by atoms with Crippen molar-refractivity contribution < 1.29 is 22.9 Å². The highest BCUT2D eigenvalue weighted by atomic mass is 35.5. The van der Waals surface area contributed by atoms with Gasteiger partial charge in [-0.2, -0.15) is 0 Å². The Morgan fingerprint density at radius 1 is 1.47 bits per heavy atom. The zero-order chi connectivity index (χ0) is 9.97. The van der Waals surface area contributed by atoms with Crippen molar-refractivity contribution in [3.05, 3.63) is 29.3 Å². The Morgan fingerprint density at radius 3 is 2.93 bits per heavy atom. The van der Waals surface area contributed by atoms with Crippen LogP contribution in [0, 0.1) is 0 Å². The molecule has 2 nitrogen and oxygen atoms in total. The summed E-state index contributed by atoms with van der Waals surface area (Å²) in [6.45, 7) is 1.03. The minimum atomic E-state index is 0. The van der Waals surface area contributed by atoms with Crippen LogP contribution < -0.4 is 22.9 Å². The lowest BCUT2D eigenvalue weighted by Crippen LogP contribution is -3.00. The summed E-state index contributed by atoms with van der Waals surface area (Å²) in [6.07, 6.45) is 3.72. The van der Waals surface area contributed by atoms with Crippen LogP contribution >= 0.6 is 0 Å². The lowest BCUT2D eigenvalue weighted by atomic mass is 9.98. The molecule has 1 aromatic carbocycles. The lowest BCUT2D eigenvalue weighted by Gasteiger charge is -2.10. The first-order valence-corrected chi connectivity index (χ1v) is 5.31. The first-order chi connectivity index (χ1) is 6.85. The summed E-state index contributed by atoms with van der Waals surface area (Å²) >= 11 is 0. The number of benzene rings is 1. The minimum absolute atomic E-state index is 0. The van der Waals surface area contributed by atoms with Crippen molar-refractivity contribution in [1.82, 2.24) is 0 Å². The average Bonchev–Trinajstić information content (AvgIpc) is 2.61. The van der Waals surface area contributed by atoms with Crippen molar-refractivity contribution in [3.63, 3.8) is 0 Å². The van der Waals surface area contributed by atoms with E-state index in [9.17, 15) is 0 Å². The third-order valence-electron chi connectivity index (χ3n) is 3.11. The molecule has 84 valence electrons. The molecular weight excluding hydrogens is 210 g/mol. The number of aryl methyl sites for hydroxylation is 1. The molecule has 0 saturated heterocycles. The number of rotatable bonds is 3. The van der Waals surface area contributed by atoms with Crippen LogP contribution in [0.5, 0.6) is 5.75 Å². The van der Waals surface area contributed by atoms with Gasteiger partial charge in [0.15, 0.2) is 0 Å². The fourth-order valence-electron chi connectivity index (χ4n) is 2.34. The van der Waals surface area contributed by atoms with Gasteiger partial charge in [0.25, 0.3) is 0 Å². The predicted octanol–water partition coefficient (Wildman–Crippen LogP) is -1.64. The van der Waals surface area contributed by atoms with E-state index < -0.39 is 0 Å². The molecule has 0 unspecified atom stereocenters. The first kappa shape index (κ1) is 12.3. The van der Waals surface area contributed by atoms with Crippen LogP contribution in [0.2, 0.25) is 0 Å². The minimum Gasteiger partial charge on any atom is -1.00 e. The van der Waals surface area contributed by atoms with Crippen LogP contribution in [0.15, 0.2) is 18.2 Å². The summed E-state index contributed by atoms with van der Waals surface area (Å²) in [7, 11) is 1.73. The number of methoxy groups -OCH3 is 1. The van der Waals surface area contributed by atoms with Crippen LogP contribution in [0.3, 0.4) is 0 Å². The maximum Gasteiger partial charge on any atom is 0.119 e. The van der Waals surface area contributed by atoms with E-state index in [-0.39, 0.29) is 12.4 Å². The molecule has 3 heteroatoms. The molecule has 0 saturated carbocycles. The van der Waals surface area contributed by atoms with Crippen molar-refractivity contribution in [3.8, 4) is 5.75 Å². The van der Waals surface area contributed by atoms with Gasteiger partial charge in [-0.15, -0.1) is 0 Å². The van der Waals surface area contributed by atoms with Gasteiger partial charge in [-0.3, -0.25) is 0 Å². The Bertz CT molecular complexity index is 325. The zero-order valence-corrected chi connectivity index (χ0v) is 9.89. The normalized spacial score (nSPS) is 18.1. The first-order valence-electron chi connectivity index (χ1n) is 5.31. The Labute approximate surface area is 97.2 Å². The molecule has 0 aromatic heterocycles. The van der Waals surface area contributed by atoms with E-state index >= 15 is 0 Å². The third-order valence-corrected chi connectivity index (χ3v) is 3.11. The fraction of sp³-hybridized carbons (Fsp3) is 0.500. The predicted molar refractivity (Wildman–Crippen MR) is 56.4 cm³/mol. The zero-order valence-electron chi connectivity index (χ0n) is 9.13. The van der Waals surface area contributed by atoms with Crippen molar-refractivity contribution >= 4 is 0 Å². The lowest BCUT2D eigenvalue weighted by molar-refractivity contribution is -0.369. The van der Waals surface area contributed by atoms with E-state index in [0.29, 0.717) is 0 Å². The summed E-state index contributed by atoms with van der Waals surface area (Å²) in [5, 5.41) is 0. The molecule has 0 amide bonds. The quantitative estimate of drug-likeness (QED) is 0.661. The molecule has 0 spiro atoms. The molecule has 1 aliphatic rings. The fourth-order valence-corrected chi connectivity index (χ4v) is 2.34. The molecule has 2 rings (SSSR count). The van der Waals surface area contributed by atoms with Crippen molar-refractivity contribution in [2.75, 3.05) is 13.7 Å². The van der Waals surface area contributed by atoms with Crippen LogP contribution in [-0.4, -0.2) is 13.7 Å². The Morgan fingerprint density at radius 2 is 2.27 bits per heavy atom. The van der Waals surface area contributed by atoms with Gasteiger partial charge in [0.2, 0.25) is 0 Å². The summed E-state index contributed by atoms with van der Waals surface area (Å²) < 4.78 is 5.25. The van der Waals surface area contributed by atoms with Crippen LogP contribution in [-0.2, 0) is 6.42 Å². The SMILES string of the molecule is COc1ccc2c(c1)[C@@H](CC[NH3+])CC2.[Cl-]. The molecule has 0 radical (unpaired) electrons. The average molecular weight is 228 g/mol. The van der Waals surface area contributed by atoms with E-state index in [2.05, 4.69) is 23.9 Å². The molecule has 15 heavy (non-hydrogen) atoms. The standard InChI is InChI=1S/C12H17NO.ClH/c1-14-11-5-4-9-2-3-10(6-7-13)12(9)8-11;/h4-5,8,10H,2-3,6-7,13H2,1H3;1H/t10-;/m1./s1. The second-order valence-corrected chi connectivity index (χ2v) is 3.94. The Hall–Kier alpha value is -0.730. The molecule has 0 bridgehead atoms. The third kappa shape index (κ3) is 2.44. The van der Waals surface area contributed by atoms with Crippen molar-refractivity contribution in [2.45, 2.75) is 25.2 Å². The largest absolute Gasteiger partial charge is 1.00 e. The molecule has 0 aliphatic heterocycles. The number of hydrogen-bond donors (Lipinski definition) is 1. The summed E-state index contributed by atoms with van der Waals surface area (Å²) in [4.78, 5) is 0. The maximum atomic E-state index is 5.25.